The molecule has 0 heterocycles. The van der Waals surface area contributed by atoms with Crippen LogP contribution < -0.4 is 10.9 Å². The molecule has 0 aliphatic carbocycles. The third-order valence-electron chi connectivity index (χ3n) is 1.53. The van der Waals surface area contributed by atoms with E-state index in [-0.39, 0.29) is 10.6 Å². The fourth-order valence-corrected chi connectivity index (χ4v) is 1.39. The molecule has 0 aliphatic rings. The van der Waals surface area contributed by atoms with Crippen molar-refractivity contribution in [2.45, 2.75) is 4.90 Å². The van der Waals surface area contributed by atoms with Crippen molar-refractivity contribution in [3.63, 3.8) is 0 Å². The van der Waals surface area contributed by atoms with Crippen LogP contribution in [-0.4, -0.2) is 13.3 Å². The van der Waals surface area contributed by atoms with Crippen LogP contribution in [0.5, 0.6) is 0 Å². The van der Waals surface area contributed by atoms with Crippen LogP contribution in [-0.2, 0) is 10.0 Å². The minimum absolute atomic E-state index is 0.109. The lowest BCUT2D eigenvalue weighted by atomic mass is 10.3. The fourth-order valence-electron chi connectivity index (χ4n) is 0.859. The summed E-state index contributed by atoms with van der Waals surface area (Å²) in [5.41, 5.74) is 4.67. The minimum atomic E-state index is -3.94. The number of hydrogen-bond acceptors (Lipinski definition) is 5. The Kier molecular flexibility index (Phi) is 2.41. The molecule has 0 aliphatic heterocycles. The third kappa shape index (κ3) is 1.98. The first-order valence-electron chi connectivity index (χ1n) is 3.39. The zero-order valence-corrected chi connectivity index (χ0v) is 7.69. The lowest BCUT2D eigenvalue weighted by Gasteiger charge is -1.99. The summed E-state index contributed by atoms with van der Waals surface area (Å²) in [6.07, 6.45) is 0. The second kappa shape index (κ2) is 3.24. The van der Waals surface area contributed by atoms with Gasteiger partial charge in [0.1, 0.15) is 5.69 Å². The summed E-state index contributed by atoms with van der Waals surface area (Å²) in [5, 5.41) is 15.2. The van der Waals surface area contributed by atoms with Gasteiger partial charge in [-0.2, -0.15) is 0 Å². The van der Waals surface area contributed by atoms with E-state index >= 15 is 0 Å². The molecule has 0 saturated carbocycles. The van der Waals surface area contributed by atoms with E-state index < -0.39 is 20.6 Å². The van der Waals surface area contributed by atoms with Crippen molar-refractivity contribution in [1.29, 1.82) is 0 Å². The van der Waals surface area contributed by atoms with Gasteiger partial charge >= 0.3 is 0 Å². The molecule has 0 amide bonds. The lowest BCUT2D eigenvalue weighted by molar-refractivity contribution is -0.384. The van der Waals surface area contributed by atoms with Crippen LogP contribution in [0.1, 0.15) is 0 Å². The van der Waals surface area contributed by atoms with Crippen molar-refractivity contribution >= 4 is 21.4 Å². The number of nitrogens with two attached hydrogens (primary N) is 2. The van der Waals surface area contributed by atoms with E-state index in [0.717, 1.165) is 18.2 Å². The monoisotopic (exact) mass is 217 g/mol. The normalized spacial score (nSPS) is 11.2. The first kappa shape index (κ1) is 10.4. The van der Waals surface area contributed by atoms with Gasteiger partial charge in [0.2, 0.25) is 10.0 Å². The molecule has 4 N–H and O–H groups in total. The second-order valence-corrected chi connectivity index (χ2v) is 4.08. The molecule has 7 nitrogen and oxygen atoms in total. The Bertz CT molecular complexity index is 482. The number of sulfonamides is 1. The number of nitrogen functional groups attached to an aromatic ring is 1. The quantitative estimate of drug-likeness (QED) is 0.403. The third-order valence-corrected chi connectivity index (χ3v) is 2.44. The van der Waals surface area contributed by atoms with Crippen molar-refractivity contribution < 1.29 is 13.3 Å². The van der Waals surface area contributed by atoms with E-state index in [1.54, 1.807) is 0 Å². The molecule has 76 valence electrons. The predicted octanol–water partition coefficient (Wildman–Crippen LogP) is -0.176. The van der Waals surface area contributed by atoms with E-state index in [4.69, 9.17) is 10.9 Å². The van der Waals surface area contributed by atoms with Crippen molar-refractivity contribution in [2.24, 2.45) is 5.14 Å². The highest BCUT2D eigenvalue weighted by molar-refractivity contribution is 7.89. The van der Waals surface area contributed by atoms with Crippen LogP contribution in [0.25, 0.3) is 0 Å². The van der Waals surface area contributed by atoms with Crippen molar-refractivity contribution in [3.05, 3.63) is 28.3 Å². The van der Waals surface area contributed by atoms with Gasteiger partial charge < -0.3 is 5.73 Å². The summed E-state index contributed by atoms with van der Waals surface area (Å²) in [4.78, 5) is 9.28. The number of nitro benzene ring substituents is 1. The topological polar surface area (TPSA) is 129 Å². The number of hydrogen-bond donors (Lipinski definition) is 2. The van der Waals surface area contributed by atoms with Gasteiger partial charge in [0.15, 0.2) is 0 Å². The molecule has 0 radical (unpaired) electrons. The highest BCUT2D eigenvalue weighted by Crippen LogP contribution is 2.23. The number of nitro groups is 1. The lowest BCUT2D eigenvalue weighted by Crippen LogP contribution is -2.12. The van der Waals surface area contributed by atoms with Gasteiger partial charge in [-0.3, -0.25) is 10.1 Å². The average molecular weight is 217 g/mol. The van der Waals surface area contributed by atoms with Crippen LogP contribution in [0.4, 0.5) is 11.4 Å². The molecule has 0 unspecified atom stereocenters. The zero-order valence-electron chi connectivity index (χ0n) is 6.88. The molecular formula is C6H7N3O4S. The van der Waals surface area contributed by atoms with Gasteiger partial charge in [-0.25, -0.2) is 13.6 Å². The first-order valence-corrected chi connectivity index (χ1v) is 4.93. The molecule has 0 spiro atoms. The average Bonchev–Trinajstić information content (AvgIpc) is 2.02. The van der Waals surface area contributed by atoms with Gasteiger partial charge in [-0.15, -0.1) is 0 Å². The number of benzene rings is 1. The minimum Gasteiger partial charge on any atom is -0.393 e. The van der Waals surface area contributed by atoms with E-state index in [0.29, 0.717) is 0 Å². The van der Waals surface area contributed by atoms with Gasteiger partial charge in [-0.1, -0.05) is 0 Å². The molecular weight excluding hydrogens is 210 g/mol. The maximum absolute atomic E-state index is 10.8. The number of primary sulfonamides is 1. The number of rotatable bonds is 2. The molecule has 0 fully saturated rings. The van der Waals surface area contributed by atoms with Crippen LogP contribution in [0.15, 0.2) is 23.1 Å². The van der Waals surface area contributed by atoms with Gasteiger partial charge in [0.25, 0.3) is 5.69 Å². The van der Waals surface area contributed by atoms with Crippen molar-refractivity contribution in [2.75, 3.05) is 5.73 Å². The second-order valence-electron chi connectivity index (χ2n) is 2.52. The summed E-state index contributed by atoms with van der Waals surface area (Å²) >= 11 is 0. The maximum atomic E-state index is 10.8. The first-order chi connectivity index (χ1) is 6.32. The Morgan fingerprint density at radius 1 is 1.36 bits per heavy atom. The summed E-state index contributed by atoms with van der Waals surface area (Å²) in [6, 6.07) is 3.06. The molecule has 0 saturated heterocycles. The number of anilines is 1. The maximum Gasteiger partial charge on any atom is 0.293 e. The van der Waals surface area contributed by atoms with Crippen molar-refractivity contribution in [1.82, 2.24) is 0 Å². The van der Waals surface area contributed by atoms with E-state index in [1.807, 2.05) is 0 Å². The molecule has 0 aromatic heterocycles. The highest BCUT2D eigenvalue weighted by atomic mass is 32.2. The Morgan fingerprint density at radius 2 is 1.93 bits per heavy atom. The molecule has 1 rings (SSSR count). The summed E-state index contributed by atoms with van der Waals surface area (Å²) < 4.78 is 21.7. The number of nitrogens with zero attached hydrogens (tertiary/aromatic N) is 1. The smallest absolute Gasteiger partial charge is 0.293 e. The Balaban J connectivity index is 3.42. The Labute approximate surface area is 79.5 Å². The molecule has 14 heavy (non-hydrogen) atoms. The standard InChI is InChI=1S/C6H7N3O4S/c7-5-2-1-4(14(8,12)13)3-6(5)9(10)11/h1-3H,7H2,(H2,8,12,13). The van der Waals surface area contributed by atoms with E-state index in [9.17, 15) is 18.5 Å². The zero-order chi connectivity index (χ0) is 10.9. The summed E-state index contributed by atoms with van der Waals surface area (Å²) in [7, 11) is -3.94. The molecule has 8 heteroatoms. The van der Waals surface area contributed by atoms with Gasteiger partial charge in [0, 0.05) is 6.07 Å². The van der Waals surface area contributed by atoms with Crippen LogP contribution in [0.3, 0.4) is 0 Å². The molecule has 1 aromatic rings. The predicted molar refractivity (Wildman–Crippen MR) is 48.9 cm³/mol. The Morgan fingerprint density at radius 3 is 2.36 bits per heavy atom. The van der Waals surface area contributed by atoms with E-state index in [1.165, 1.54) is 0 Å². The summed E-state index contributed by atoms with van der Waals surface area (Å²) in [6.45, 7) is 0. The fraction of sp³-hybridized carbons (Fsp3) is 0. The highest BCUT2D eigenvalue weighted by Gasteiger charge is 2.16. The van der Waals surface area contributed by atoms with Gasteiger partial charge in [0.05, 0.1) is 9.82 Å². The van der Waals surface area contributed by atoms with Crippen LogP contribution >= 0.6 is 0 Å². The molecule has 0 bridgehead atoms. The van der Waals surface area contributed by atoms with E-state index in [2.05, 4.69) is 0 Å². The van der Waals surface area contributed by atoms with Crippen LogP contribution in [0, 0.1) is 10.1 Å². The largest absolute Gasteiger partial charge is 0.393 e. The van der Waals surface area contributed by atoms with Crippen molar-refractivity contribution in [3.8, 4) is 0 Å². The summed E-state index contributed by atoms with van der Waals surface area (Å²) in [5.74, 6) is 0. The Hall–Kier alpha value is -1.67. The molecule has 1 aromatic carbocycles. The SMILES string of the molecule is Nc1ccc(S(N)(=O)=O)cc1[N+](=O)[O-]. The molecule has 0 atom stereocenters. The van der Waals surface area contributed by atoms with Crippen LogP contribution in [0.2, 0.25) is 0 Å². The van der Waals surface area contributed by atoms with Gasteiger partial charge in [-0.05, 0) is 12.1 Å².